The summed E-state index contributed by atoms with van der Waals surface area (Å²) in [4.78, 5) is 16.0. The van der Waals surface area contributed by atoms with Gasteiger partial charge in [-0.1, -0.05) is 6.07 Å². The van der Waals surface area contributed by atoms with Crippen molar-refractivity contribution in [1.82, 2.24) is 15.6 Å². The fourth-order valence-electron chi connectivity index (χ4n) is 1.60. The van der Waals surface area contributed by atoms with Gasteiger partial charge in [-0.05, 0) is 38.3 Å². The molecule has 1 fully saturated rings. The largest absolute Gasteiger partial charge is 0.352 e. The first kappa shape index (κ1) is 12.0. The van der Waals surface area contributed by atoms with Gasteiger partial charge in [-0.2, -0.15) is 0 Å². The molecule has 0 bridgehead atoms. The van der Waals surface area contributed by atoms with Crippen LogP contribution in [0.1, 0.15) is 31.0 Å². The van der Waals surface area contributed by atoms with E-state index >= 15 is 0 Å². The van der Waals surface area contributed by atoms with Crippen LogP contribution in [0.2, 0.25) is 0 Å². The first-order valence-electron chi connectivity index (χ1n) is 6.11. The van der Waals surface area contributed by atoms with Crippen LogP contribution in [0.3, 0.4) is 0 Å². The SMILES string of the molecule is Cc1cccnc1CNC(C)C(=O)NC1CC1. The number of nitrogens with zero attached hydrogens (tertiary/aromatic N) is 1. The van der Waals surface area contributed by atoms with Gasteiger partial charge in [0, 0.05) is 18.8 Å². The third-order valence-corrected chi connectivity index (χ3v) is 3.01. The second kappa shape index (κ2) is 5.27. The van der Waals surface area contributed by atoms with Gasteiger partial charge >= 0.3 is 0 Å². The normalized spacial score (nSPS) is 16.6. The number of hydrogen-bond acceptors (Lipinski definition) is 3. The fraction of sp³-hybridized carbons (Fsp3) is 0.538. The topological polar surface area (TPSA) is 54.0 Å². The van der Waals surface area contributed by atoms with E-state index in [0.29, 0.717) is 12.6 Å². The van der Waals surface area contributed by atoms with Crippen LogP contribution in [0.25, 0.3) is 0 Å². The summed E-state index contributed by atoms with van der Waals surface area (Å²) in [5, 5.41) is 6.18. The number of hydrogen-bond donors (Lipinski definition) is 2. The molecule has 0 radical (unpaired) electrons. The van der Waals surface area contributed by atoms with Gasteiger partial charge in [-0.15, -0.1) is 0 Å². The molecule has 1 unspecified atom stereocenters. The molecule has 1 amide bonds. The van der Waals surface area contributed by atoms with Crippen LogP contribution in [-0.2, 0) is 11.3 Å². The van der Waals surface area contributed by atoms with E-state index in [4.69, 9.17) is 0 Å². The highest BCUT2D eigenvalue weighted by atomic mass is 16.2. The maximum atomic E-state index is 11.7. The minimum Gasteiger partial charge on any atom is -0.352 e. The molecule has 4 nitrogen and oxygen atoms in total. The van der Waals surface area contributed by atoms with Crippen LogP contribution >= 0.6 is 0 Å². The number of amides is 1. The standard InChI is InChI=1S/C13H19N3O/c1-9-4-3-7-14-12(9)8-15-10(2)13(17)16-11-5-6-11/h3-4,7,10-11,15H,5-6,8H2,1-2H3,(H,16,17). The van der Waals surface area contributed by atoms with Crippen molar-refractivity contribution in [2.75, 3.05) is 0 Å². The quantitative estimate of drug-likeness (QED) is 0.802. The van der Waals surface area contributed by atoms with Crippen molar-refractivity contribution in [1.29, 1.82) is 0 Å². The predicted molar refractivity (Wildman–Crippen MR) is 66.4 cm³/mol. The molecule has 1 saturated carbocycles. The molecular weight excluding hydrogens is 214 g/mol. The van der Waals surface area contributed by atoms with Crippen molar-refractivity contribution in [2.45, 2.75) is 45.3 Å². The summed E-state index contributed by atoms with van der Waals surface area (Å²) < 4.78 is 0. The van der Waals surface area contributed by atoms with E-state index in [1.54, 1.807) is 6.20 Å². The molecule has 17 heavy (non-hydrogen) atoms. The van der Waals surface area contributed by atoms with Crippen molar-refractivity contribution in [3.63, 3.8) is 0 Å². The van der Waals surface area contributed by atoms with Crippen LogP contribution in [0.15, 0.2) is 18.3 Å². The molecule has 1 aromatic heterocycles. The fourth-order valence-corrected chi connectivity index (χ4v) is 1.60. The van der Waals surface area contributed by atoms with E-state index in [9.17, 15) is 4.79 Å². The summed E-state index contributed by atoms with van der Waals surface area (Å²) in [5.74, 6) is 0.0843. The summed E-state index contributed by atoms with van der Waals surface area (Å²) in [6.07, 6.45) is 4.02. The van der Waals surface area contributed by atoms with Crippen molar-refractivity contribution in [3.05, 3.63) is 29.6 Å². The molecule has 4 heteroatoms. The molecule has 0 aromatic carbocycles. The average molecular weight is 233 g/mol. The van der Waals surface area contributed by atoms with Gasteiger partial charge in [0.25, 0.3) is 0 Å². The van der Waals surface area contributed by atoms with Crippen molar-refractivity contribution in [2.24, 2.45) is 0 Å². The van der Waals surface area contributed by atoms with Crippen molar-refractivity contribution >= 4 is 5.91 Å². The van der Waals surface area contributed by atoms with Gasteiger partial charge < -0.3 is 10.6 Å². The van der Waals surface area contributed by atoms with Crippen LogP contribution in [-0.4, -0.2) is 23.0 Å². The maximum Gasteiger partial charge on any atom is 0.237 e. The van der Waals surface area contributed by atoms with Crippen molar-refractivity contribution in [3.8, 4) is 0 Å². The van der Waals surface area contributed by atoms with Gasteiger partial charge in [0.2, 0.25) is 5.91 Å². The Morgan fingerprint density at radius 3 is 3.00 bits per heavy atom. The second-order valence-electron chi connectivity index (χ2n) is 4.65. The van der Waals surface area contributed by atoms with Crippen LogP contribution in [0.5, 0.6) is 0 Å². The molecule has 1 aromatic rings. The van der Waals surface area contributed by atoms with Crippen LogP contribution in [0, 0.1) is 6.92 Å². The van der Waals surface area contributed by atoms with Gasteiger partial charge in [-0.25, -0.2) is 0 Å². The Balaban J connectivity index is 1.80. The first-order chi connectivity index (χ1) is 8.16. The zero-order valence-electron chi connectivity index (χ0n) is 10.4. The van der Waals surface area contributed by atoms with E-state index in [0.717, 1.165) is 24.1 Å². The zero-order valence-corrected chi connectivity index (χ0v) is 10.4. The van der Waals surface area contributed by atoms with Crippen molar-refractivity contribution < 1.29 is 4.79 Å². The molecule has 1 atom stereocenters. The van der Waals surface area contributed by atoms with Gasteiger partial charge in [0.1, 0.15) is 0 Å². The molecule has 0 saturated heterocycles. The molecule has 1 aliphatic rings. The number of carbonyl (C=O) groups is 1. The van der Waals surface area contributed by atoms with Gasteiger partial charge in [0.15, 0.2) is 0 Å². The number of carbonyl (C=O) groups excluding carboxylic acids is 1. The van der Waals surface area contributed by atoms with E-state index in [1.807, 2.05) is 26.0 Å². The number of rotatable bonds is 5. The molecule has 2 rings (SSSR count). The van der Waals surface area contributed by atoms with Gasteiger partial charge in [-0.3, -0.25) is 9.78 Å². The molecule has 2 N–H and O–H groups in total. The highest BCUT2D eigenvalue weighted by molar-refractivity contribution is 5.81. The minimum absolute atomic E-state index is 0.0843. The summed E-state index contributed by atoms with van der Waals surface area (Å²) in [6, 6.07) is 4.20. The minimum atomic E-state index is -0.169. The Labute approximate surface area is 102 Å². The predicted octanol–water partition coefficient (Wildman–Crippen LogP) is 1.15. The summed E-state index contributed by atoms with van der Waals surface area (Å²) in [5.41, 5.74) is 2.15. The number of aromatic nitrogens is 1. The highest BCUT2D eigenvalue weighted by Crippen LogP contribution is 2.18. The smallest absolute Gasteiger partial charge is 0.237 e. The maximum absolute atomic E-state index is 11.7. The lowest BCUT2D eigenvalue weighted by Gasteiger charge is -2.14. The van der Waals surface area contributed by atoms with E-state index in [2.05, 4.69) is 15.6 Å². The summed E-state index contributed by atoms with van der Waals surface area (Å²) in [6.45, 7) is 4.54. The van der Waals surface area contributed by atoms with Gasteiger partial charge in [0.05, 0.1) is 11.7 Å². The molecule has 1 heterocycles. The summed E-state index contributed by atoms with van der Waals surface area (Å²) >= 11 is 0. The third kappa shape index (κ3) is 3.53. The number of pyridine rings is 1. The molecular formula is C13H19N3O. The highest BCUT2D eigenvalue weighted by Gasteiger charge is 2.25. The number of nitrogens with one attached hydrogen (secondary N) is 2. The second-order valence-corrected chi connectivity index (χ2v) is 4.65. The lowest BCUT2D eigenvalue weighted by molar-refractivity contribution is -0.122. The zero-order chi connectivity index (χ0) is 12.3. The summed E-state index contributed by atoms with van der Waals surface area (Å²) in [7, 11) is 0. The lowest BCUT2D eigenvalue weighted by atomic mass is 10.2. The Kier molecular flexibility index (Phi) is 3.74. The van der Waals surface area contributed by atoms with E-state index < -0.39 is 0 Å². The Bertz CT molecular complexity index is 401. The Morgan fingerprint density at radius 2 is 2.35 bits per heavy atom. The Hall–Kier alpha value is -1.42. The molecule has 0 spiro atoms. The average Bonchev–Trinajstić information content (AvgIpc) is 3.11. The van der Waals surface area contributed by atoms with Crippen LogP contribution in [0.4, 0.5) is 0 Å². The van der Waals surface area contributed by atoms with E-state index in [1.165, 1.54) is 0 Å². The molecule has 92 valence electrons. The number of aryl methyl sites for hydroxylation is 1. The third-order valence-electron chi connectivity index (χ3n) is 3.01. The Morgan fingerprint density at radius 1 is 1.59 bits per heavy atom. The van der Waals surface area contributed by atoms with E-state index in [-0.39, 0.29) is 11.9 Å². The monoisotopic (exact) mass is 233 g/mol. The van der Waals surface area contributed by atoms with Crippen LogP contribution < -0.4 is 10.6 Å². The molecule has 0 aliphatic heterocycles. The molecule has 1 aliphatic carbocycles. The first-order valence-corrected chi connectivity index (χ1v) is 6.11. The lowest BCUT2D eigenvalue weighted by Crippen LogP contribution is -2.42.